The van der Waals surface area contributed by atoms with Crippen LogP contribution in [-0.4, -0.2) is 32.4 Å². The van der Waals surface area contributed by atoms with Gasteiger partial charge < -0.3 is 5.73 Å². The lowest BCUT2D eigenvalue weighted by Gasteiger charge is -2.26. The van der Waals surface area contributed by atoms with Gasteiger partial charge in [-0.3, -0.25) is 0 Å². The monoisotopic (exact) mass is 329 g/mol. The highest BCUT2D eigenvalue weighted by atomic mass is 35.5. The van der Waals surface area contributed by atoms with Crippen LogP contribution in [0.2, 0.25) is 0 Å². The Morgan fingerprint density at radius 1 is 1.48 bits per heavy atom. The third-order valence-corrected chi connectivity index (χ3v) is 5.57. The second-order valence-corrected chi connectivity index (χ2v) is 7.25. The highest BCUT2D eigenvalue weighted by molar-refractivity contribution is 7.88. The molecule has 0 spiro atoms. The minimum Gasteiger partial charge on any atom is -0.329 e. The first-order valence-corrected chi connectivity index (χ1v) is 8.23. The number of nitriles is 1. The zero-order valence-corrected chi connectivity index (χ0v) is 13.5. The van der Waals surface area contributed by atoms with Crippen molar-refractivity contribution in [3.63, 3.8) is 0 Å². The van der Waals surface area contributed by atoms with Gasteiger partial charge in [-0.2, -0.15) is 5.26 Å². The molecule has 0 aliphatic heterocycles. The quantitative estimate of drug-likeness (QED) is 0.856. The molecule has 21 heavy (non-hydrogen) atoms. The van der Waals surface area contributed by atoms with Gasteiger partial charge in [0.2, 0.25) is 10.0 Å². The van der Waals surface area contributed by atoms with E-state index in [4.69, 9.17) is 11.0 Å². The van der Waals surface area contributed by atoms with Crippen LogP contribution in [0.5, 0.6) is 0 Å². The molecule has 1 fully saturated rings. The number of hydrogen-bond acceptors (Lipinski definition) is 4. The lowest BCUT2D eigenvalue weighted by Crippen LogP contribution is -2.43. The van der Waals surface area contributed by atoms with Crippen LogP contribution in [0, 0.1) is 17.2 Å². The van der Waals surface area contributed by atoms with Gasteiger partial charge in [0.25, 0.3) is 0 Å². The maximum Gasteiger partial charge on any atom is 0.218 e. The first kappa shape index (κ1) is 17.9. The van der Waals surface area contributed by atoms with Crippen LogP contribution in [0.3, 0.4) is 0 Å². The first-order valence-electron chi connectivity index (χ1n) is 6.62. The number of sulfonamides is 1. The van der Waals surface area contributed by atoms with Gasteiger partial charge in [0, 0.05) is 19.6 Å². The van der Waals surface area contributed by atoms with E-state index in [1.165, 1.54) is 4.31 Å². The molecule has 2 rings (SSSR count). The van der Waals surface area contributed by atoms with Crippen LogP contribution in [0.25, 0.3) is 0 Å². The summed E-state index contributed by atoms with van der Waals surface area (Å²) in [7, 11) is -1.81. The Balaban J connectivity index is 0.00000220. The standard InChI is InChI=1S/C14H19N3O2S.ClH/c1-17(14(9-16)13-5-6-13)20(18,19)10-12-4-2-3-11(7-12)8-15;/h2-4,7,13-14H,5-6,9-10,16H2,1H3;1H. The van der Waals surface area contributed by atoms with Crippen molar-refractivity contribution < 1.29 is 8.42 Å². The van der Waals surface area contributed by atoms with E-state index in [1.807, 2.05) is 6.07 Å². The summed E-state index contributed by atoms with van der Waals surface area (Å²) < 4.78 is 26.2. The highest BCUT2D eigenvalue weighted by Gasteiger charge is 2.37. The van der Waals surface area contributed by atoms with Gasteiger partial charge in [0.05, 0.1) is 17.4 Å². The summed E-state index contributed by atoms with van der Waals surface area (Å²) in [4.78, 5) is 0. The van der Waals surface area contributed by atoms with Gasteiger partial charge in [0.1, 0.15) is 0 Å². The molecule has 1 aliphatic rings. The summed E-state index contributed by atoms with van der Waals surface area (Å²) in [5, 5.41) is 8.85. The number of benzene rings is 1. The predicted molar refractivity (Wildman–Crippen MR) is 84.4 cm³/mol. The van der Waals surface area contributed by atoms with E-state index in [-0.39, 0.29) is 24.2 Å². The Morgan fingerprint density at radius 2 is 2.14 bits per heavy atom. The highest BCUT2D eigenvalue weighted by Crippen LogP contribution is 2.35. The van der Waals surface area contributed by atoms with Gasteiger partial charge in [-0.15, -0.1) is 12.4 Å². The molecule has 0 saturated heterocycles. The Labute approximate surface area is 132 Å². The third-order valence-electron chi connectivity index (χ3n) is 3.72. The number of rotatable bonds is 6. The molecule has 0 bridgehead atoms. The number of nitrogens with zero attached hydrogens (tertiary/aromatic N) is 2. The number of likely N-dealkylation sites (N-methyl/N-ethyl adjacent to an activating group) is 1. The van der Waals surface area contributed by atoms with Gasteiger partial charge in [0.15, 0.2) is 0 Å². The summed E-state index contributed by atoms with van der Waals surface area (Å²) >= 11 is 0. The van der Waals surface area contributed by atoms with Crippen LogP contribution < -0.4 is 5.73 Å². The topological polar surface area (TPSA) is 87.2 Å². The molecule has 1 aromatic carbocycles. The van der Waals surface area contributed by atoms with Gasteiger partial charge in [-0.05, 0) is 36.5 Å². The first-order chi connectivity index (χ1) is 9.47. The molecule has 1 unspecified atom stereocenters. The molecule has 7 heteroatoms. The normalized spacial score (nSPS) is 16.1. The molecule has 2 N–H and O–H groups in total. The van der Waals surface area contributed by atoms with Crippen LogP contribution in [0.15, 0.2) is 24.3 Å². The Bertz CT molecular complexity index is 623. The SMILES string of the molecule is CN(C(CN)C1CC1)S(=O)(=O)Cc1cccc(C#N)c1.Cl. The van der Waals surface area contributed by atoms with Crippen molar-refractivity contribution in [2.24, 2.45) is 11.7 Å². The molecule has 1 saturated carbocycles. The fraction of sp³-hybridized carbons (Fsp3) is 0.500. The van der Waals surface area contributed by atoms with Crippen LogP contribution in [0.1, 0.15) is 24.0 Å². The molecule has 0 aromatic heterocycles. The number of nitrogens with two attached hydrogens (primary N) is 1. The van der Waals surface area contributed by atoms with E-state index < -0.39 is 10.0 Å². The lowest BCUT2D eigenvalue weighted by atomic mass is 10.2. The minimum atomic E-state index is -3.41. The van der Waals surface area contributed by atoms with Crippen LogP contribution in [0.4, 0.5) is 0 Å². The fourth-order valence-corrected chi connectivity index (χ4v) is 3.84. The molecule has 0 amide bonds. The molecular weight excluding hydrogens is 310 g/mol. The largest absolute Gasteiger partial charge is 0.329 e. The molecule has 0 radical (unpaired) electrons. The molecule has 1 atom stereocenters. The van der Waals surface area contributed by atoms with Crippen molar-refractivity contribution in [2.45, 2.75) is 24.6 Å². The third kappa shape index (κ3) is 4.42. The molecule has 1 aliphatic carbocycles. The second kappa shape index (κ2) is 7.23. The van der Waals surface area contributed by atoms with E-state index in [2.05, 4.69) is 0 Å². The summed E-state index contributed by atoms with van der Waals surface area (Å²) in [6.07, 6.45) is 2.09. The van der Waals surface area contributed by atoms with E-state index in [1.54, 1.807) is 31.3 Å². The number of hydrogen-bond donors (Lipinski definition) is 1. The minimum absolute atomic E-state index is 0. The Hall–Kier alpha value is -1.13. The molecule has 1 aromatic rings. The zero-order chi connectivity index (χ0) is 14.8. The van der Waals surface area contributed by atoms with Crippen LogP contribution >= 0.6 is 12.4 Å². The van der Waals surface area contributed by atoms with E-state index >= 15 is 0 Å². The van der Waals surface area contributed by atoms with Crippen LogP contribution in [-0.2, 0) is 15.8 Å². The average molecular weight is 330 g/mol. The summed E-state index contributed by atoms with van der Waals surface area (Å²) in [5.41, 5.74) is 6.80. The van der Waals surface area contributed by atoms with Crippen molar-refractivity contribution >= 4 is 22.4 Å². The van der Waals surface area contributed by atoms with Crippen molar-refractivity contribution in [2.75, 3.05) is 13.6 Å². The predicted octanol–water partition coefficient (Wildman–Crippen LogP) is 1.48. The zero-order valence-electron chi connectivity index (χ0n) is 11.9. The molecule has 0 heterocycles. The smallest absolute Gasteiger partial charge is 0.218 e. The Kier molecular flexibility index (Phi) is 6.17. The van der Waals surface area contributed by atoms with Crippen molar-refractivity contribution in [1.82, 2.24) is 4.31 Å². The van der Waals surface area contributed by atoms with E-state index in [0.29, 0.717) is 23.6 Å². The fourth-order valence-electron chi connectivity index (χ4n) is 2.37. The van der Waals surface area contributed by atoms with Gasteiger partial charge >= 0.3 is 0 Å². The molecule has 5 nitrogen and oxygen atoms in total. The lowest BCUT2D eigenvalue weighted by molar-refractivity contribution is 0.340. The summed E-state index contributed by atoms with van der Waals surface area (Å²) in [5.74, 6) is 0.299. The molecule has 116 valence electrons. The second-order valence-electron chi connectivity index (χ2n) is 5.23. The van der Waals surface area contributed by atoms with Crippen molar-refractivity contribution in [3.05, 3.63) is 35.4 Å². The molecular formula is C14H20ClN3O2S. The van der Waals surface area contributed by atoms with E-state index in [0.717, 1.165) is 12.8 Å². The Morgan fingerprint density at radius 3 is 2.67 bits per heavy atom. The average Bonchev–Trinajstić information content (AvgIpc) is 3.24. The maximum absolute atomic E-state index is 12.4. The van der Waals surface area contributed by atoms with Gasteiger partial charge in [-0.25, -0.2) is 12.7 Å². The van der Waals surface area contributed by atoms with Gasteiger partial charge in [-0.1, -0.05) is 12.1 Å². The summed E-state index contributed by atoms with van der Waals surface area (Å²) in [6.45, 7) is 0.346. The summed E-state index contributed by atoms with van der Waals surface area (Å²) in [6, 6.07) is 8.60. The van der Waals surface area contributed by atoms with E-state index in [9.17, 15) is 8.42 Å². The maximum atomic E-state index is 12.4. The number of halogens is 1. The van der Waals surface area contributed by atoms with Crippen molar-refractivity contribution in [3.8, 4) is 6.07 Å². The van der Waals surface area contributed by atoms with Crippen molar-refractivity contribution in [1.29, 1.82) is 5.26 Å².